The predicted octanol–water partition coefficient (Wildman–Crippen LogP) is 3.07. The second-order valence-electron chi connectivity index (χ2n) is 3.92. The molecule has 0 atom stereocenters. The van der Waals surface area contributed by atoms with Gasteiger partial charge in [-0.3, -0.25) is 4.79 Å². The fourth-order valence-corrected chi connectivity index (χ4v) is 1.60. The molecule has 0 aliphatic carbocycles. The van der Waals surface area contributed by atoms with Gasteiger partial charge in [-0.15, -0.1) is 0 Å². The van der Waals surface area contributed by atoms with E-state index in [4.69, 9.17) is 5.11 Å². The highest BCUT2D eigenvalue weighted by molar-refractivity contribution is 9.10. The third-order valence-electron chi connectivity index (χ3n) is 2.15. The van der Waals surface area contributed by atoms with Crippen LogP contribution in [0, 0.1) is 5.82 Å². The number of nitrogens with one attached hydrogen (secondary N) is 1. The molecule has 5 nitrogen and oxygen atoms in total. The van der Waals surface area contributed by atoms with E-state index < -0.39 is 37.1 Å². The second kappa shape index (κ2) is 6.74. The molecule has 0 unspecified atom stereocenters. The Kier molecular flexibility index (Phi) is 5.53. The topological polar surface area (TPSA) is 69.6 Å². The minimum Gasteiger partial charge on any atom is -0.480 e. The fourth-order valence-electron chi connectivity index (χ4n) is 1.36. The largest absolute Gasteiger partial charge is 0.480 e. The predicted molar refractivity (Wildman–Crippen MR) is 68.4 cm³/mol. The van der Waals surface area contributed by atoms with E-state index in [1.165, 1.54) is 12.1 Å². The zero-order chi connectivity index (χ0) is 16.2. The van der Waals surface area contributed by atoms with Crippen LogP contribution in [0.3, 0.4) is 0 Å². The van der Waals surface area contributed by atoms with Crippen molar-refractivity contribution in [1.29, 1.82) is 0 Å². The van der Waals surface area contributed by atoms with Gasteiger partial charge < -0.3 is 15.3 Å². The van der Waals surface area contributed by atoms with Gasteiger partial charge in [-0.2, -0.15) is 13.2 Å². The normalized spacial score (nSPS) is 11.1. The molecule has 0 saturated heterocycles. The molecule has 0 heterocycles. The van der Waals surface area contributed by atoms with Gasteiger partial charge in [-0.1, -0.05) is 0 Å². The summed E-state index contributed by atoms with van der Waals surface area (Å²) in [5, 5.41) is 10.5. The third kappa shape index (κ3) is 5.98. The SMILES string of the molecule is O=C(O)CN(CC(F)(F)F)C(=O)Nc1ccc(Br)c(F)c1. The highest BCUT2D eigenvalue weighted by Crippen LogP contribution is 2.21. The lowest BCUT2D eigenvalue weighted by atomic mass is 10.3. The van der Waals surface area contributed by atoms with Crippen LogP contribution in [-0.2, 0) is 4.79 Å². The summed E-state index contributed by atoms with van der Waals surface area (Å²) in [5.74, 6) is -2.33. The number of amides is 2. The van der Waals surface area contributed by atoms with Crippen molar-refractivity contribution < 1.29 is 32.3 Å². The van der Waals surface area contributed by atoms with Gasteiger partial charge in [-0.05, 0) is 34.1 Å². The minimum atomic E-state index is -4.75. The summed E-state index contributed by atoms with van der Waals surface area (Å²) < 4.78 is 50.2. The molecular weight excluding hydrogens is 364 g/mol. The number of benzene rings is 1. The zero-order valence-corrected chi connectivity index (χ0v) is 11.8. The molecule has 0 spiro atoms. The number of carboxylic acids is 1. The lowest BCUT2D eigenvalue weighted by Crippen LogP contribution is -2.44. The molecule has 0 saturated carbocycles. The molecule has 0 fully saturated rings. The van der Waals surface area contributed by atoms with Crippen LogP contribution in [-0.4, -0.2) is 41.3 Å². The van der Waals surface area contributed by atoms with E-state index in [0.717, 1.165) is 6.07 Å². The molecule has 0 bridgehead atoms. The fraction of sp³-hybridized carbons (Fsp3) is 0.273. The van der Waals surface area contributed by atoms with E-state index in [1.807, 2.05) is 5.32 Å². The number of carbonyl (C=O) groups excluding carboxylic acids is 1. The number of alkyl halides is 3. The van der Waals surface area contributed by atoms with Crippen molar-refractivity contribution >= 4 is 33.6 Å². The van der Waals surface area contributed by atoms with Crippen LogP contribution in [0.1, 0.15) is 0 Å². The number of carbonyl (C=O) groups is 2. The smallest absolute Gasteiger partial charge is 0.406 e. The molecule has 0 radical (unpaired) electrons. The maximum absolute atomic E-state index is 13.2. The Morgan fingerprint density at radius 3 is 2.43 bits per heavy atom. The maximum atomic E-state index is 13.2. The number of hydrogen-bond acceptors (Lipinski definition) is 2. The molecule has 1 aromatic carbocycles. The first-order valence-corrected chi connectivity index (χ1v) is 6.17. The Bertz CT molecular complexity index is 551. The lowest BCUT2D eigenvalue weighted by molar-refractivity contribution is -0.148. The Hall–Kier alpha value is -1.84. The van der Waals surface area contributed by atoms with Crippen molar-refractivity contribution in [3.05, 3.63) is 28.5 Å². The number of anilines is 1. The molecule has 1 aromatic rings. The van der Waals surface area contributed by atoms with Gasteiger partial charge in [0.1, 0.15) is 18.9 Å². The molecule has 1 rings (SSSR count). The number of urea groups is 1. The average molecular weight is 373 g/mol. The van der Waals surface area contributed by atoms with E-state index in [1.54, 1.807) is 0 Å². The van der Waals surface area contributed by atoms with Crippen molar-refractivity contribution in [2.75, 3.05) is 18.4 Å². The van der Waals surface area contributed by atoms with Crippen LogP contribution >= 0.6 is 15.9 Å². The number of hydrogen-bond donors (Lipinski definition) is 2. The third-order valence-corrected chi connectivity index (χ3v) is 2.80. The number of aliphatic carboxylic acids is 1. The molecule has 2 N–H and O–H groups in total. The van der Waals surface area contributed by atoms with Gasteiger partial charge >= 0.3 is 18.2 Å². The molecule has 0 aliphatic heterocycles. The number of nitrogens with zero attached hydrogens (tertiary/aromatic N) is 1. The molecule has 0 aliphatic rings. The first kappa shape index (κ1) is 17.2. The van der Waals surface area contributed by atoms with Crippen molar-refractivity contribution in [3.63, 3.8) is 0 Å². The van der Waals surface area contributed by atoms with Crippen molar-refractivity contribution in [1.82, 2.24) is 4.90 Å². The van der Waals surface area contributed by atoms with Gasteiger partial charge in [0.2, 0.25) is 0 Å². The molecule has 0 aromatic heterocycles. The van der Waals surface area contributed by atoms with Crippen LogP contribution < -0.4 is 5.32 Å². The van der Waals surface area contributed by atoms with Crippen molar-refractivity contribution in [2.24, 2.45) is 0 Å². The highest BCUT2D eigenvalue weighted by atomic mass is 79.9. The van der Waals surface area contributed by atoms with Crippen molar-refractivity contribution in [2.45, 2.75) is 6.18 Å². The first-order valence-electron chi connectivity index (χ1n) is 5.38. The first-order chi connectivity index (χ1) is 9.58. The Morgan fingerprint density at radius 1 is 1.33 bits per heavy atom. The van der Waals surface area contributed by atoms with Crippen LogP contribution in [0.5, 0.6) is 0 Å². The molecular formula is C11H9BrF4N2O3. The van der Waals surface area contributed by atoms with Crippen LogP contribution in [0.15, 0.2) is 22.7 Å². The summed E-state index contributed by atoms with van der Waals surface area (Å²) in [6, 6.07) is 2.08. The number of rotatable bonds is 4. The quantitative estimate of drug-likeness (QED) is 0.798. The Balaban J connectivity index is 2.84. The van der Waals surface area contributed by atoms with Gasteiger partial charge in [0.15, 0.2) is 0 Å². The molecule has 21 heavy (non-hydrogen) atoms. The zero-order valence-electron chi connectivity index (χ0n) is 10.2. The summed E-state index contributed by atoms with van der Waals surface area (Å²) in [7, 11) is 0. The standard InChI is InChI=1S/C11H9BrF4N2O3/c12-7-2-1-6(3-8(7)13)17-10(21)18(4-9(19)20)5-11(14,15)16/h1-3H,4-5H2,(H,17,21)(H,19,20). The maximum Gasteiger partial charge on any atom is 0.406 e. The second-order valence-corrected chi connectivity index (χ2v) is 4.78. The van der Waals surface area contributed by atoms with Crippen molar-refractivity contribution in [3.8, 4) is 0 Å². The van der Waals surface area contributed by atoms with Gasteiger partial charge in [0.05, 0.1) is 4.47 Å². The van der Waals surface area contributed by atoms with Gasteiger partial charge in [0, 0.05) is 5.69 Å². The summed E-state index contributed by atoms with van der Waals surface area (Å²) in [5.41, 5.74) is -0.0988. The van der Waals surface area contributed by atoms with Crippen LogP contribution in [0.25, 0.3) is 0 Å². The minimum absolute atomic E-state index is 0.0578. The summed E-state index contributed by atoms with van der Waals surface area (Å²) >= 11 is 2.87. The van der Waals surface area contributed by atoms with E-state index >= 15 is 0 Å². The Morgan fingerprint density at radius 2 is 1.95 bits per heavy atom. The molecule has 116 valence electrons. The summed E-state index contributed by atoms with van der Waals surface area (Å²) in [6.07, 6.45) is -4.75. The van der Waals surface area contributed by atoms with Gasteiger partial charge in [0.25, 0.3) is 0 Å². The number of halogens is 5. The monoisotopic (exact) mass is 372 g/mol. The average Bonchev–Trinajstić information content (AvgIpc) is 2.30. The van der Waals surface area contributed by atoms with Gasteiger partial charge in [-0.25, -0.2) is 9.18 Å². The highest BCUT2D eigenvalue weighted by Gasteiger charge is 2.34. The summed E-state index contributed by atoms with van der Waals surface area (Å²) in [4.78, 5) is 22.2. The van der Waals surface area contributed by atoms with E-state index in [-0.39, 0.29) is 15.1 Å². The van der Waals surface area contributed by atoms with E-state index in [2.05, 4.69) is 15.9 Å². The molecule has 2 amide bonds. The molecule has 10 heteroatoms. The Labute approximate surface area is 124 Å². The number of carboxylic acid groups (broad SMARTS) is 1. The summed E-state index contributed by atoms with van der Waals surface area (Å²) in [6.45, 7) is -2.87. The lowest BCUT2D eigenvalue weighted by Gasteiger charge is -2.22. The van der Waals surface area contributed by atoms with E-state index in [9.17, 15) is 27.2 Å². The van der Waals surface area contributed by atoms with Crippen LogP contribution in [0.4, 0.5) is 28.0 Å². The van der Waals surface area contributed by atoms with E-state index in [0.29, 0.717) is 0 Å². The van der Waals surface area contributed by atoms with Crippen LogP contribution in [0.2, 0.25) is 0 Å².